The van der Waals surface area contributed by atoms with Crippen LogP contribution in [0.4, 0.5) is 0 Å². The second-order valence-corrected chi connectivity index (χ2v) is 6.96. The molecule has 3 rings (SSSR count). The lowest BCUT2D eigenvalue weighted by molar-refractivity contribution is -0.00572. The maximum atomic E-state index is 10.8. The van der Waals surface area contributed by atoms with Gasteiger partial charge in [0.1, 0.15) is 5.54 Å². The van der Waals surface area contributed by atoms with Crippen molar-refractivity contribution in [2.45, 2.75) is 25.6 Å². The Bertz CT molecular complexity index is 790. The third kappa shape index (κ3) is 2.56. The molecular weight excluding hydrogens is 322 g/mol. The summed E-state index contributed by atoms with van der Waals surface area (Å²) >= 11 is 6.12. The number of nitrogens with two attached hydrogens (primary N) is 1. The number of benzene rings is 2. The van der Waals surface area contributed by atoms with Gasteiger partial charge in [0.2, 0.25) is 0 Å². The van der Waals surface area contributed by atoms with Gasteiger partial charge in [0.15, 0.2) is 12.2 Å². The van der Waals surface area contributed by atoms with Crippen molar-refractivity contribution >= 4 is 17.6 Å². The fourth-order valence-corrected chi connectivity index (χ4v) is 3.53. The van der Waals surface area contributed by atoms with E-state index in [1.54, 1.807) is 11.9 Å². The number of aliphatic hydroxyl groups excluding tert-OH is 1. The van der Waals surface area contributed by atoms with Gasteiger partial charge in [0.25, 0.3) is 0 Å². The van der Waals surface area contributed by atoms with Crippen LogP contribution in [-0.2, 0) is 5.54 Å². The molecule has 4 nitrogen and oxygen atoms in total. The summed E-state index contributed by atoms with van der Waals surface area (Å²) in [7, 11) is 1.76. The molecule has 126 valence electrons. The van der Waals surface area contributed by atoms with Crippen LogP contribution in [0.2, 0.25) is 5.02 Å². The first-order valence-electron chi connectivity index (χ1n) is 7.99. The van der Waals surface area contributed by atoms with Crippen molar-refractivity contribution in [3.63, 3.8) is 0 Å². The molecule has 3 N–H and O–H groups in total. The minimum atomic E-state index is -0.799. The van der Waals surface area contributed by atoms with Gasteiger partial charge >= 0.3 is 0 Å². The largest absolute Gasteiger partial charge is 0.371 e. The lowest BCUT2D eigenvalue weighted by Crippen LogP contribution is -2.47. The molecule has 24 heavy (non-hydrogen) atoms. The van der Waals surface area contributed by atoms with E-state index >= 15 is 0 Å². The maximum Gasteiger partial charge on any atom is 0.194 e. The van der Waals surface area contributed by atoms with Gasteiger partial charge in [-0.25, -0.2) is 4.99 Å². The molecule has 0 radical (unpaired) electrons. The molecule has 0 aliphatic carbocycles. The second-order valence-electron chi connectivity index (χ2n) is 6.53. The topological polar surface area (TPSA) is 61.8 Å². The summed E-state index contributed by atoms with van der Waals surface area (Å²) in [5, 5.41) is 11.5. The molecule has 2 aromatic rings. The van der Waals surface area contributed by atoms with Crippen LogP contribution in [0.3, 0.4) is 0 Å². The van der Waals surface area contributed by atoms with Gasteiger partial charge in [0, 0.05) is 12.1 Å². The quantitative estimate of drug-likeness (QED) is 0.897. The minimum absolute atomic E-state index is 0.0746. The average molecular weight is 344 g/mol. The zero-order valence-electron chi connectivity index (χ0n) is 14.1. The SMILES string of the molecule is CC(C)C1(c2cccc(-c3cccc(Cl)c3)c2)N=C(N)N(C)C1O. The van der Waals surface area contributed by atoms with Gasteiger partial charge in [0.05, 0.1) is 0 Å². The van der Waals surface area contributed by atoms with E-state index < -0.39 is 11.8 Å². The Morgan fingerprint density at radius 1 is 1.17 bits per heavy atom. The Morgan fingerprint density at radius 2 is 1.79 bits per heavy atom. The number of hydrogen-bond donors (Lipinski definition) is 2. The summed E-state index contributed by atoms with van der Waals surface area (Å²) < 4.78 is 0. The third-order valence-corrected chi connectivity index (χ3v) is 5.02. The van der Waals surface area contributed by atoms with Crippen molar-refractivity contribution in [1.29, 1.82) is 0 Å². The molecule has 0 bridgehead atoms. The van der Waals surface area contributed by atoms with Gasteiger partial charge in [-0.1, -0.05) is 55.8 Å². The first kappa shape index (κ1) is 16.8. The zero-order chi connectivity index (χ0) is 17.5. The normalized spacial score (nSPS) is 23.7. The molecule has 5 heteroatoms. The van der Waals surface area contributed by atoms with E-state index in [-0.39, 0.29) is 5.92 Å². The summed E-state index contributed by atoms with van der Waals surface area (Å²) in [6, 6.07) is 15.8. The van der Waals surface area contributed by atoms with E-state index in [4.69, 9.17) is 17.3 Å². The van der Waals surface area contributed by atoms with Gasteiger partial charge < -0.3 is 15.7 Å². The third-order valence-electron chi connectivity index (χ3n) is 4.78. The number of likely N-dealkylation sites (N-methyl/N-ethyl adjacent to an activating group) is 1. The monoisotopic (exact) mass is 343 g/mol. The van der Waals surface area contributed by atoms with E-state index in [0.29, 0.717) is 11.0 Å². The number of rotatable bonds is 3. The molecule has 0 aromatic heterocycles. The summed E-state index contributed by atoms with van der Waals surface area (Å²) in [5.74, 6) is 0.426. The zero-order valence-corrected chi connectivity index (χ0v) is 14.8. The van der Waals surface area contributed by atoms with E-state index in [1.165, 1.54) is 0 Å². The predicted molar refractivity (Wildman–Crippen MR) is 98.8 cm³/mol. The van der Waals surface area contributed by atoms with E-state index in [9.17, 15) is 5.11 Å². The van der Waals surface area contributed by atoms with Crippen molar-refractivity contribution in [2.24, 2.45) is 16.6 Å². The smallest absolute Gasteiger partial charge is 0.194 e. The van der Waals surface area contributed by atoms with Crippen molar-refractivity contribution in [2.75, 3.05) is 7.05 Å². The highest BCUT2D eigenvalue weighted by atomic mass is 35.5. The Balaban J connectivity index is 2.13. The predicted octanol–water partition coefficient (Wildman–Crippen LogP) is 3.44. The Hall–Kier alpha value is -2.04. The Labute approximate surface area is 147 Å². The fraction of sp³-hybridized carbons (Fsp3) is 0.316. The summed E-state index contributed by atoms with van der Waals surface area (Å²) in [6.07, 6.45) is -0.799. The maximum absolute atomic E-state index is 10.8. The lowest BCUT2D eigenvalue weighted by atomic mass is 9.78. The van der Waals surface area contributed by atoms with E-state index in [1.807, 2.05) is 56.3 Å². The van der Waals surface area contributed by atoms with Gasteiger partial charge in [-0.05, 0) is 40.8 Å². The number of hydrogen-bond acceptors (Lipinski definition) is 4. The molecule has 0 saturated heterocycles. The first-order valence-corrected chi connectivity index (χ1v) is 8.36. The van der Waals surface area contributed by atoms with Crippen LogP contribution < -0.4 is 5.73 Å². The summed E-state index contributed by atoms with van der Waals surface area (Å²) in [4.78, 5) is 6.27. The molecule has 0 fully saturated rings. The molecule has 1 heterocycles. The number of nitrogens with zero attached hydrogens (tertiary/aromatic N) is 2. The highest BCUT2D eigenvalue weighted by Crippen LogP contribution is 2.43. The van der Waals surface area contributed by atoms with Gasteiger partial charge in [-0.2, -0.15) is 0 Å². The van der Waals surface area contributed by atoms with Crippen LogP contribution in [0.15, 0.2) is 53.5 Å². The highest BCUT2D eigenvalue weighted by Gasteiger charge is 2.49. The average Bonchev–Trinajstić information content (AvgIpc) is 2.80. The molecule has 0 saturated carbocycles. The molecule has 2 aromatic carbocycles. The van der Waals surface area contributed by atoms with Crippen LogP contribution in [0.5, 0.6) is 0 Å². The van der Waals surface area contributed by atoms with Crippen LogP contribution in [0.25, 0.3) is 11.1 Å². The van der Waals surface area contributed by atoms with Crippen LogP contribution in [0.1, 0.15) is 19.4 Å². The summed E-state index contributed by atoms with van der Waals surface area (Å²) in [6.45, 7) is 4.09. The molecule has 0 spiro atoms. The number of halogens is 1. The number of aliphatic imine (C=N–C) groups is 1. The van der Waals surface area contributed by atoms with Gasteiger partial charge in [-0.3, -0.25) is 0 Å². The molecule has 2 unspecified atom stereocenters. The summed E-state index contributed by atoms with van der Waals surface area (Å²) in [5.41, 5.74) is 8.20. The Kier molecular flexibility index (Phi) is 4.28. The molecular formula is C19H22ClN3O. The highest BCUT2D eigenvalue weighted by molar-refractivity contribution is 6.30. The lowest BCUT2D eigenvalue weighted by Gasteiger charge is -2.36. The molecule has 1 aliphatic heterocycles. The molecule has 2 atom stereocenters. The van der Waals surface area contributed by atoms with Gasteiger partial charge in [-0.15, -0.1) is 0 Å². The first-order chi connectivity index (χ1) is 11.4. The van der Waals surface area contributed by atoms with Crippen molar-refractivity contribution < 1.29 is 5.11 Å². The van der Waals surface area contributed by atoms with E-state index in [0.717, 1.165) is 16.7 Å². The number of guanidine groups is 1. The van der Waals surface area contributed by atoms with Crippen LogP contribution in [0, 0.1) is 5.92 Å². The van der Waals surface area contributed by atoms with Crippen molar-refractivity contribution in [1.82, 2.24) is 4.90 Å². The number of aliphatic hydroxyl groups is 1. The minimum Gasteiger partial charge on any atom is -0.371 e. The fourth-order valence-electron chi connectivity index (χ4n) is 3.34. The van der Waals surface area contributed by atoms with Crippen LogP contribution in [-0.4, -0.2) is 29.2 Å². The van der Waals surface area contributed by atoms with E-state index in [2.05, 4.69) is 11.1 Å². The van der Waals surface area contributed by atoms with Crippen LogP contribution >= 0.6 is 11.6 Å². The second kappa shape index (κ2) is 6.11. The van der Waals surface area contributed by atoms with Crippen molar-refractivity contribution in [3.05, 3.63) is 59.1 Å². The standard InChI is InChI=1S/C19H22ClN3O/c1-12(2)19(17(24)23(3)18(21)22-19)15-8-4-6-13(10-15)14-7-5-9-16(20)11-14/h4-12,17,24H,1-3H3,(H2,21,22). The Morgan fingerprint density at radius 3 is 2.33 bits per heavy atom. The van der Waals surface area contributed by atoms with Crippen molar-refractivity contribution in [3.8, 4) is 11.1 Å². The molecule has 1 aliphatic rings. The molecule has 0 amide bonds.